The lowest BCUT2D eigenvalue weighted by molar-refractivity contribution is -0.0964. The maximum absolute atomic E-state index is 13.0. The van der Waals surface area contributed by atoms with Crippen LogP contribution < -0.4 is 10.1 Å². The standard InChI is InChI=1S/C22H16ClF2N5O2/c23-22(24,25)32-17-5-1-15(2-6-17)29-21(31)13-7-18(14-9-26-11-27-10-14)20-19(8-13)28-12-30(20)16-3-4-16/h1-2,5-12,16H,3-4H2,(H,29,31). The topological polar surface area (TPSA) is 81.9 Å². The van der Waals surface area contributed by atoms with E-state index in [1.165, 1.54) is 30.6 Å². The van der Waals surface area contributed by atoms with E-state index in [1.54, 1.807) is 30.9 Å². The summed E-state index contributed by atoms with van der Waals surface area (Å²) in [5.41, 5.74) is 0.211. The molecule has 1 N–H and O–H groups in total. The van der Waals surface area contributed by atoms with Gasteiger partial charge in [0.05, 0.1) is 17.4 Å². The van der Waals surface area contributed by atoms with Gasteiger partial charge in [-0.25, -0.2) is 15.0 Å². The third-order valence-electron chi connectivity index (χ3n) is 5.09. The van der Waals surface area contributed by atoms with E-state index >= 15 is 0 Å². The molecule has 1 fully saturated rings. The van der Waals surface area contributed by atoms with E-state index in [-0.39, 0.29) is 11.7 Å². The minimum Gasteiger partial charge on any atom is -0.420 e. The average Bonchev–Trinajstić information content (AvgIpc) is 3.52. The Kier molecular flexibility index (Phi) is 4.97. The van der Waals surface area contributed by atoms with Gasteiger partial charge in [-0.15, -0.1) is 8.78 Å². The summed E-state index contributed by atoms with van der Waals surface area (Å²) in [6.45, 7) is 0. The minimum atomic E-state index is -3.80. The second-order valence-electron chi connectivity index (χ2n) is 7.43. The zero-order valence-electron chi connectivity index (χ0n) is 16.5. The Balaban J connectivity index is 1.47. The molecular weight excluding hydrogens is 440 g/mol. The van der Waals surface area contributed by atoms with Gasteiger partial charge in [-0.2, -0.15) is 0 Å². The van der Waals surface area contributed by atoms with Crippen LogP contribution >= 0.6 is 11.6 Å². The monoisotopic (exact) mass is 455 g/mol. The number of halogens is 3. The molecule has 0 radical (unpaired) electrons. The zero-order chi connectivity index (χ0) is 22.3. The SMILES string of the molecule is O=C(Nc1ccc(OC(F)(F)Cl)cc1)c1cc(-c2cncnc2)c2c(c1)ncn2C1CC1. The van der Waals surface area contributed by atoms with Gasteiger partial charge in [0.2, 0.25) is 0 Å². The van der Waals surface area contributed by atoms with Crippen LogP contribution in [-0.4, -0.2) is 31.0 Å². The van der Waals surface area contributed by atoms with Crippen molar-refractivity contribution < 1.29 is 18.3 Å². The van der Waals surface area contributed by atoms with Crippen molar-refractivity contribution in [2.24, 2.45) is 0 Å². The number of imidazole rings is 1. The molecule has 5 rings (SSSR count). The van der Waals surface area contributed by atoms with Gasteiger partial charge in [0, 0.05) is 52.4 Å². The Morgan fingerprint density at radius 2 is 1.88 bits per heavy atom. The number of aromatic nitrogens is 4. The molecule has 4 aromatic rings. The molecule has 0 unspecified atom stereocenters. The lowest BCUT2D eigenvalue weighted by Crippen LogP contribution is -2.16. The number of nitrogens with one attached hydrogen (secondary N) is 1. The van der Waals surface area contributed by atoms with Crippen molar-refractivity contribution >= 4 is 34.2 Å². The molecule has 2 aromatic carbocycles. The number of hydrogen-bond donors (Lipinski definition) is 1. The molecular formula is C22H16ClF2N5O2. The number of fused-ring (bicyclic) bond motifs is 1. The Hall–Kier alpha value is -3.59. The Morgan fingerprint density at radius 1 is 1.16 bits per heavy atom. The van der Waals surface area contributed by atoms with Crippen molar-refractivity contribution in [3.8, 4) is 16.9 Å². The predicted octanol–water partition coefficient (Wildman–Crippen LogP) is 5.25. The number of ether oxygens (including phenoxy) is 1. The van der Waals surface area contributed by atoms with Crippen molar-refractivity contribution in [1.29, 1.82) is 0 Å². The molecule has 10 heteroatoms. The zero-order valence-corrected chi connectivity index (χ0v) is 17.3. The average molecular weight is 456 g/mol. The summed E-state index contributed by atoms with van der Waals surface area (Å²) in [7, 11) is 0. The first-order valence-corrected chi connectivity index (χ1v) is 10.2. The fraction of sp³-hybridized carbons (Fsp3) is 0.182. The van der Waals surface area contributed by atoms with Gasteiger partial charge < -0.3 is 14.6 Å². The van der Waals surface area contributed by atoms with Gasteiger partial charge in [-0.3, -0.25) is 4.79 Å². The fourth-order valence-corrected chi connectivity index (χ4v) is 3.62. The lowest BCUT2D eigenvalue weighted by Gasteiger charge is -2.12. The van der Waals surface area contributed by atoms with Crippen LogP contribution in [0.3, 0.4) is 0 Å². The van der Waals surface area contributed by atoms with Gasteiger partial charge in [-0.1, -0.05) is 0 Å². The van der Waals surface area contributed by atoms with Crippen molar-refractivity contribution in [1.82, 2.24) is 19.5 Å². The normalized spacial score (nSPS) is 13.8. The summed E-state index contributed by atoms with van der Waals surface area (Å²) < 4.78 is 31.9. The summed E-state index contributed by atoms with van der Waals surface area (Å²) in [6, 6.07) is 9.39. The summed E-state index contributed by atoms with van der Waals surface area (Å²) >= 11 is 4.77. The Bertz CT molecular complexity index is 1290. The van der Waals surface area contributed by atoms with Gasteiger partial charge in [0.15, 0.2) is 0 Å². The smallest absolute Gasteiger partial charge is 0.420 e. The number of alkyl halides is 3. The van der Waals surface area contributed by atoms with Crippen molar-refractivity contribution in [3.63, 3.8) is 0 Å². The van der Waals surface area contributed by atoms with Gasteiger partial charge in [0.1, 0.15) is 12.1 Å². The van der Waals surface area contributed by atoms with Crippen LogP contribution in [-0.2, 0) is 0 Å². The van der Waals surface area contributed by atoms with Crippen LogP contribution in [0.25, 0.3) is 22.2 Å². The minimum absolute atomic E-state index is 0.124. The van der Waals surface area contributed by atoms with Gasteiger partial charge in [0.25, 0.3) is 5.91 Å². The second-order valence-corrected chi connectivity index (χ2v) is 7.87. The molecule has 32 heavy (non-hydrogen) atoms. The van der Waals surface area contributed by atoms with E-state index in [2.05, 4.69) is 29.6 Å². The number of benzene rings is 2. The van der Waals surface area contributed by atoms with Crippen LogP contribution in [0.5, 0.6) is 5.75 Å². The first kappa shape index (κ1) is 20.3. The highest BCUT2D eigenvalue weighted by molar-refractivity contribution is 6.20. The van der Waals surface area contributed by atoms with E-state index in [9.17, 15) is 13.6 Å². The number of carbonyl (C=O) groups is 1. The van der Waals surface area contributed by atoms with E-state index < -0.39 is 5.57 Å². The van der Waals surface area contributed by atoms with E-state index in [1.807, 2.05) is 0 Å². The highest BCUT2D eigenvalue weighted by Crippen LogP contribution is 2.40. The highest BCUT2D eigenvalue weighted by Gasteiger charge is 2.28. The summed E-state index contributed by atoms with van der Waals surface area (Å²) in [6.07, 6.45) is 8.81. The molecule has 1 aliphatic rings. The molecule has 2 aromatic heterocycles. The van der Waals surface area contributed by atoms with Crippen LogP contribution in [0.2, 0.25) is 0 Å². The third kappa shape index (κ3) is 4.24. The van der Waals surface area contributed by atoms with Crippen LogP contribution in [0.4, 0.5) is 14.5 Å². The lowest BCUT2D eigenvalue weighted by atomic mass is 10.0. The Morgan fingerprint density at radius 3 is 2.53 bits per heavy atom. The molecule has 0 atom stereocenters. The number of carbonyl (C=O) groups excluding carboxylic acids is 1. The van der Waals surface area contributed by atoms with Gasteiger partial charge >= 0.3 is 5.57 Å². The van der Waals surface area contributed by atoms with Crippen molar-refractivity contribution in [2.75, 3.05) is 5.32 Å². The maximum atomic E-state index is 13.0. The van der Waals surface area contributed by atoms with E-state index in [0.717, 1.165) is 29.5 Å². The summed E-state index contributed by atoms with van der Waals surface area (Å²) in [4.78, 5) is 25.7. The number of amides is 1. The van der Waals surface area contributed by atoms with E-state index in [4.69, 9.17) is 11.6 Å². The molecule has 7 nitrogen and oxygen atoms in total. The highest BCUT2D eigenvalue weighted by atomic mass is 35.5. The molecule has 0 bridgehead atoms. The van der Waals surface area contributed by atoms with Gasteiger partial charge in [-0.05, 0) is 49.2 Å². The van der Waals surface area contributed by atoms with Crippen LogP contribution in [0.1, 0.15) is 29.2 Å². The number of rotatable bonds is 6. The van der Waals surface area contributed by atoms with Crippen LogP contribution in [0, 0.1) is 0 Å². The molecule has 162 valence electrons. The second kappa shape index (κ2) is 7.83. The molecule has 1 saturated carbocycles. The van der Waals surface area contributed by atoms with Crippen molar-refractivity contribution in [2.45, 2.75) is 24.5 Å². The molecule has 0 spiro atoms. The molecule has 0 saturated heterocycles. The summed E-state index contributed by atoms with van der Waals surface area (Å²) in [5.74, 6) is -0.497. The first-order chi connectivity index (χ1) is 15.4. The number of hydrogen-bond acceptors (Lipinski definition) is 5. The molecule has 1 aliphatic carbocycles. The Labute approximate surface area is 186 Å². The largest absolute Gasteiger partial charge is 0.487 e. The third-order valence-corrected chi connectivity index (χ3v) is 5.17. The number of nitrogens with zero attached hydrogens (tertiary/aromatic N) is 4. The van der Waals surface area contributed by atoms with E-state index in [0.29, 0.717) is 22.8 Å². The van der Waals surface area contributed by atoms with Crippen LogP contribution in [0.15, 0.2) is 61.4 Å². The fourth-order valence-electron chi connectivity index (χ4n) is 3.53. The first-order valence-electron chi connectivity index (χ1n) is 9.80. The quantitative estimate of drug-likeness (QED) is 0.402. The molecule has 1 amide bonds. The molecule has 0 aliphatic heterocycles. The summed E-state index contributed by atoms with van der Waals surface area (Å²) in [5, 5.41) is 2.75. The van der Waals surface area contributed by atoms with Crippen molar-refractivity contribution in [3.05, 3.63) is 67.0 Å². The molecule has 2 heterocycles. The maximum Gasteiger partial charge on any atom is 0.487 e. The number of anilines is 1. The predicted molar refractivity (Wildman–Crippen MR) is 115 cm³/mol.